The number of ether oxygens (including phenoxy) is 1. The number of aromatic amines is 1. The van der Waals surface area contributed by atoms with Gasteiger partial charge in [0.2, 0.25) is 0 Å². The third-order valence-corrected chi connectivity index (χ3v) is 3.63. The van der Waals surface area contributed by atoms with E-state index in [0.29, 0.717) is 0 Å². The van der Waals surface area contributed by atoms with Gasteiger partial charge in [0, 0.05) is 23.7 Å². The second-order valence-electron chi connectivity index (χ2n) is 4.74. The van der Waals surface area contributed by atoms with Crippen LogP contribution in [0.1, 0.15) is 13.2 Å². The van der Waals surface area contributed by atoms with Gasteiger partial charge in [-0.3, -0.25) is 14.3 Å². The van der Waals surface area contributed by atoms with Crippen molar-refractivity contribution >= 4 is 11.6 Å². The van der Waals surface area contributed by atoms with E-state index >= 15 is 0 Å². The number of halogens is 1. The van der Waals surface area contributed by atoms with Gasteiger partial charge in [0.1, 0.15) is 11.8 Å². The summed E-state index contributed by atoms with van der Waals surface area (Å²) in [5.41, 5.74) is -1.40. The molecule has 0 bridgehead atoms. The van der Waals surface area contributed by atoms with Gasteiger partial charge in [-0.15, -0.1) is 0 Å². The molecule has 1 aliphatic heterocycles. The van der Waals surface area contributed by atoms with E-state index in [1.54, 1.807) is 6.92 Å². The molecule has 0 amide bonds. The van der Waals surface area contributed by atoms with Crippen LogP contribution in [-0.2, 0) is 4.74 Å². The first kappa shape index (κ1) is 15.0. The molecule has 0 radical (unpaired) electrons. The Morgan fingerprint density at radius 1 is 1.60 bits per heavy atom. The van der Waals surface area contributed by atoms with Crippen molar-refractivity contribution in [2.24, 2.45) is 5.92 Å². The molecule has 4 unspecified atom stereocenters. The molecule has 1 saturated heterocycles. The minimum absolute atomic E-state index is 0.487. The Hall–Kier alpha value is -1.41. The topological polar surface area (TPSA) is 105 Å². The quantitative estimate of drug-likeness (QED) is 0.701. The van der Waals surface area contributed by atoms with Crippen molar-refractivity contribution in [1.82, 2.24) is 9.55 Å². The molecular weight excluding hydrogens is 288 g/mol. The van der Waals surface area contributed by atoms with Crippen LogP contribution in [0.4, 0.5) is 0 Å². The third kappa shape index (κ3) is 2.33. The van der Waals surface area contributed by atoms with Crippen molar-refractivity contribution in [3.05, 3.63) is 44.7 Å². The second kappa shape index (κ2) is 5.53. The molecule has 20 heavy (non-hydrogen) atoms. The average Bonchev–Trinajstić information content (AvgIpc) is 2.65. The van der Waals surface area contributed by atoms with Gasteiger partial charge in [-0.05, 0) is 6.08 Å². The van der Waals surface area contributed by atoms with Crippen molar-refractivity contribution in [3.8, 4) is 0 Å². The maximum absolute atomic E-state index is 11.8. The lowest BCUT2D eigenvalue weighted by Crippen LogP contribution is -2.42. The molecule has 2 rings (SSSR count). The fourth-order valence-electron chi connectivity index (χ4n) is 2.37. The highest BCUT2D eigenvalue weighted by atomic mass is 35.5. The van der Waals surface area contributed by atoms with Crippen LogP contribution in [-0.4, -0.2) is 38.1 Å². The summed E-state index contributed by atoms with van der Waals surface area (Å²) in [6, 6.07) is 1.18. The van der Waals surface area contributed by atoms with E-state index < -0.39 is 41.7 Å². The summed E-state index contributed by atoms with van der Waals surface area (Å²) in [5, 5.41) is 19.7. The number of hydrogen-bond acceptors (Lipinski definition) is 5. The summed E-state index contributed by atoms with van der Waals surface area (Å²) in [4.78, 5) is 24.9. The SMILES string of the molecule is CC1C(n2ccc(=O)[nH]c2=O)OC(/C=C/Cl)(CO)C1O. The lowest BCUT2D eigenvalue weighted by atomic mass is 9.91. The van der Waals surface area contributed by atoms with Gasteiger partial charge in [0.15, 0.2) is 0 Å². The van der Waals surface area contributed by atoms with E-state index in [9.17, 15) is 19.8 Å². The smallest absolute Gasteiger partial charge is 0.330 e. The highest BCUT2D eigenvalue weighted by Crippen LogP contribution is 2.41. The van der Waals surface area contributed by atoms with Gasteiger partial charge in [-0.2, -0.15) is 0 Å². The van der Waals surface area contributed by atoms with Crippen LogP contribution in [0.5, 0.6) is 0 Å². The summed E-state index contributed by atoms with van der Waals surface area (Å²) in [6.07, 6.45) is 0.750. The van der Waals surface area contributed by atoms with E-state index in [-0.39, 0.29) is 0 Å². The highest BCUT2D eigenvalue weighted by Gasteiger charge is 2.51. The van der Waals surface area contributed by atoms with E-state index in [1.807, 2.05) is 0 Å². The Morgan fingerprint density at radius 2 is 2.30 bits per heavy atom. The van der Waals surface area contributed by atoms with Crippen molar-refractivity contribution in [1.29, 1.82) is 0 Å². The zero-order valence-electron chi connectivity index (χ0n) is 10.7. The zero-order valence-corrected chi connectivity index (χ0v) is 11.4. The predicted molar refractivity (Wildman–Crippen MR) is 71.4 cm³/mol. The molecule has 4 atom stereocenters. The second-order valence-corrected chi connectivity index (χ2v) is 4.99. The molecule has 1 aliphatic rings. The Bertz CT molecular complexity index is 625. The van der Waals surface area contributed by atoms with Crippen molar-refractivity contribution < 1.29 is 14.9 Å². The molecular formula is C12H15ClN2O5. The number of nitrogens with zero attached hydrogens (tertiary/aromatic N) is 1. The molecule has 0 saturated carbocycles. The molecule has 0 aromatic carbocycles. The molecule has 1 aromatic rings. The van der Waals surface area contributed by atoms with E-state index in [2.05, 4.69) is 4.98 Å². The van der Waals surface area contributed by atoms with Gasteiger partial charge in [0.25, 0.3) is 5.56 Å². The first-order valence-corrected chi connectivity index (χ1v) is 6.45. The number of aliphatic hydroxyl groups excluding tert-OH is 2. The van der Waals surface area contributed by atoms with E-state index in [1.165, 1.54) is 18.3 Å². The maximum atomic E-state index is 11.8. The van der Waals surface area contributed by atoms with Crippen molar-refractivity contribution in [3.63, 3.8) is 0 Å². The Morgan fingerprint density at radius 3 is 2.85 bits per heavy atom. The summed E-state index contributed by atoms with van der Waals surface area (Å²) in [7, 11) is 0. The maximum Gasteiger partial charge on any atom is 0.330 e. The first-order valence-electron chi connectivity index (χ1n) is 6.01. The summed E-state index contributed by atoms with van der Waals surface area (Å²) >= 11 is 5.51. The van der Waals surface area contributed by atoms with Crippen LogP contribution < -0.4 is 11.2 Å². The lowest BCUT2D eigenvalue weighted by molar-refractivity contribution is -0.0980. The van der Waals surface area contributed by atoms with Crippen LogP contribution >= 0.6 is 11.6 Å². The van der Waals surface area contributed by atoms with E-state index in [4.69, 9.17) is 16.3 Å². The number of nitrogens with one attached hydrogen (secondary N) is 1. The number of H-pyrrole nitrogens is 1. The predicted octanol–water partition coefficient (Wildman–Crippen LogP) is -0.454. The summed E-state index contributed by atoms with van der Waals surface area (Å²) < 4.78 is 6.80. The Labute approximate surface area is 119 Å². The fraction of sp³-hybridized carbons (Fsp3) is 0.500. The number of hydrogen-bond donors (Lipinski definition) is 3. The Kier molecular flexibility index (Phi) is 4.14. The number of rotatable bonds is 3. The zero-order chi connectivity index (χ0) is 14.9. The van der Waals surface area contributed by atoms with Gasteiger partial charge >= 0.3 is 5.69 Å². The molecule has 7 nitrogen and oxygen atoms in total. The first-order chi connectivity index (χ1) is 9.45. The molecule has 1 fully saturated rings. The van der Waals surface area contributed by atoms with Crippen molar-refractivity contribution in [2.45, 2.75) is 24.9 Å². The molecule has 8 heteroatoms. The number of aliphatic hydroxyl groups is 2. The molecule has 0 spiro atoms. The van der Waals surface area contributed by atoms with Gasteiger partial charge in [0.05, 0.1) is 12.7 Å². The number of aromatic nitrogens is 2. The van der Waals surface area contributed by atoms with Crippen LogP contribution in [0.15, 0.2) is 33.5 Å². The standard InChI is InChI=1S/C12H15ClN2O5/c1-7-9(18)12(6-16,3-4-13)20-10(7)15-5-2-8(17)14-11(15)19/h2-5,7,9-10,16,18H,6H2,1H3,(H,14,17,19)/b4-3+. The van der Waals surface area contributed by atoms with Gasteiger partial charge in [-0.1, -0.05) is 18.5 Å². The summed E-state index contributed by atoms with van der Waals surface area (Å²) in [5.74, 6) is -0.487. The summed E-state index contributed by atoms with van der Waals surface area (Å²) in [6.45, 7) is 1.18. The van der Waals surface area contributed by atoms with Gasteiger partial charge < -0.3 is 14.9 Å². The Balaban J connectivity index is 2.45. The molecule has 1 aromatic heterocycles. The van der Waals surface area contributed by atoms with Gasteiger partial charge in [-0.25, -0.2) is 4.79 Å². The fourth-order valence-corrected chi connectivity index (χ4v) is 2.58. The normalized spacial score (nSPS) is 33.9. The van der Waals surface area contributed by atoms with Crippen molar-refractivity contribution in [2.75, 3.05) is 6.61 Å². The van der Waals surface area contributed by atoms with Crippen LogP contribution in [0.2, 0.25) is 0 Å². The highest BCUT2D eigenvalue weighted by molar-refractivity contribution is 6.25. The minimum atomic E-state index is -1.37. The lowest BCUT2D eigenvalue weighted by Gasteiger charge is -2.26. The van der Waals surface area contributed by atoms with Crippen LogP contribution in [0.3, 0.4) is 0 Å². The average molecular weight is 303 g/mol. The minimum Gasteiger partial charge on any atom is -0.393 e. The monoisotopic (exact) mass is 302 g/mol. The molecule has 110 valence electrons. The molecule has 3 N–H and O–H groups in total. The van der Waals surface area contributed by atoms with E-state index in [0.717, 1.165) is 10.1 Å². The largest absolute Gasteiger partial charge is 0.393 e. The third-order valence-electron chi connectivity index (χ3n) is 3.51. The molecule has 0 aliphatic carbocycles. The van der Waals surface area contributed by atoms with Crippen LogP contribution in [0, 0.1) is 5.92 Å². The molecule has 2 heterocycles. The van der Waals surface area contributed by atoms with Crippen LogP contribution in [0.25, 0.3) is 0 Å².